The summed E-state index contributed by atoms with van der Waals surface area (Å²) in [6, 6.07) is 3.25. The largest absolute Gasteiger partial charge is 0.496 e. The van der Waals surface area contributed by atoms with Gasteiger partial charge in [0, 0.05) is 13.2 Å². The molecule has 0 saturated heterocycles. The van der Waals surface area contributed by atoms with Crippen molar-refractivity contribution in [3.63, 3.8) is 0 Å². The summed E-state index contributed by atoms with van der Waals surface area (Å²) in [5, 5.41) is 4.32. The first-order valence-electron chi connectivity index (χ1n) is 5.91. The van der Waals surface area contributed by atoms with Crippen molar-refractivity contribution in [2.45, 2.75) is 19.4 Å². The molecule has 2 aromatic rings. The van der Waals surface area contributed by atoms with E-state index in [2.05, 4.69) is 10.1 Å². The van der Waals surface area contributed by atoms with Crippen LogP contribution in [-0.2, 0) is 10.3 Å². The zero-order valence-corrected chi connectivity index (χ0v) is 12.5. The molecule has 0 saturated carbocycles. The van der Waals surface area contributed by atoms with Crippen molar-refractivity contribution in [3.05, 3.63) is 23.0 Å². The third kappa shape index (κ3) is 2.57. The number of nitrogens with zero attached hydrogens (tertiary/aromatic N) is 2. The molecule has 0 spiro atoms. The third-order valence-electron chi connectivity index (χ3n) is 3.02. The lowest BCUT2D eigenvalue weighted by atomic mass is 10.1. The molecule has 0 unspecified atom stereocenters. The second-order valence-electron chi connectivity index (χ2n) is 4.71. The number of nitrogen functional groups attached to an aromatic ring is 1. The molecule has 0 bridgehead atoms. The average Bonchev–Trinajstić information content (AvgIpc) is 2.91. The summed E-state index contributed by atoms with van der Waals surface area (Å²) in [7, 11) is 3.11. The van der Waals surface area contributed by atoms with Gasteiger partial charge in [0.2, 0.25) is 5.82 Å². The maximum atomic E-state index is 6.02. The van der Waals surface area contributed by atoms with E-state index in [1.165, 1.54) is 7.11 Å². The molecule has 1 heterocycles. The van der Waals surface area contributed by atoms with Crippen molar-refractivity contribution >= 4 is 17.3 Å². The summed E-state index contributed by atoms with van der Waals surface area (Å²) < 4.78 is 15.8. The third-order valence-corrected chi connectivity index (χ3v) is 3.35. The molecule has 2 N–H and O–H groups in total. The van der Waals surface area contributed by atoms with E-state index in [1.54, 1.807) is 19.2 Å². The van der Waals surface area contributed by atoms with Gasteiger partial charge in [0.25, 0.3) is 5.89 Å². The molecule has 108 valence electrons. The van der Waals surface area contributed by atoms with Crippen LogP contribution in [0.25, 0.3) is 11.5 Å². The number of halogens is 1. The van der Waals surface area contributed by atoms with E-state index >= 15 is 0 Å². The van der Waals surface area contributed by atoms with Crippen LogP contribution in [-0.4, -0.2) is 24.4 Å². The minimum Gasteiger partial charge on any atom is -0.496 e. The molecule has 0 amide bonds. The molecule has 7 heteroatoms. The summed E-state index contributed by atoms with van der Waals surface area (Å²) in [5.74, 6) is 1.24. The quantitative estimate of drug-likeness (QED) is 0.874. The topological polar surface area (TPSA) is 83.4 Å². The lowest BCUT2D eigenvalue weighted by Crippen LogP contribution is -2.21. The van der Waals surface area contributed by atoms with Gasteiger partial charge in [0.15, 0.2) is 0 Å². The Hall–Kier alpha value is -1.79. The highest BCUT2D eigenvalue weighted by Crippen LogP contribution is 2.36. The number of anilines is 1. The number of benzene rings is 1. The Balaban J connectivity index is 2.50. The maximum Gasteiger partial charge on any atom is 0.261 e. The van der Waals surface area contributed by atoms with E-state index in [1.807, 2.05) is 13.8 Å². The van der Waals surface area contributed by atoms with Crippen molar-refractivity contribution < 1.29 is 14.0 Å². The van der Waals surface area contributed by atoms with Gasteiger partial charge in [-0.2, -0.15) is 4.98 Å². The predicted octanol–water partition coefficient (Wildman–Crippen LogP) is 2.86. The zero-order chi connectivity index (χ0) is 14.9. The van der Waals surface area contributed by atoms with Crippen LogP contribution in [0.5, 0.6) is 5.75 Å². The van der Waals surface area contributed by atoms with Crippen molar-refractivity contribution in [2.75, 3.05) is 20.0 Å². The summed E-state index contributed by atoms with van der Waals surface area (Å²) in [6.45, 7) is 3.68. The van der Waals surface area contributed by atoms with Gasteiger partial charge in [-0.1, -0.05) is 16.8 Å². The number of methoxy groups -OCH3 is 2. The molecule has 1 aromatic carbocycles. The fourth-order valence-electron chi connectivity index (χ4n) is 1.57. The molecule has 6 nitrogen and oxygen atoms in total. The summed E-state index contributed by atoms with van der Waals surface area (Å²) in [6.07, 6.45) is 0. The zero-order valence-electron chi connectivity index (χ0n) is 11.7. The van der Waals surface area contributed by atoms with Crippen molar-refractivity contribution in [1.29, 1.82) is 0 Å². The van der Waals surface area contributed by atoms with Crippen LogP contribution < -0.4 is 10.5 Å². The standard InChI is InChI=1S/C13H16ClN3O3/c1-13(2,19-4)12-16-11(20-17-12)7-5-8(14)9(15)6-10(7)18-3/h5-6H,15H2,1-4H3. The van der Waals surface area contributed by atoms with Crippen LogP contribution in [0, 0.1) is 0 Å². The fourth-order valence-corrected chi connectivity index (χ4v) is 1.74. The Labute approximate surface area is 121 Å². The number of rotatable bonds is 4. The first-order valence-corrected chi connectivity index (χ1v) is 6.29. The molecule has 0 aliphatic rings. The van der Waals surface area contributed by atoms with Gasteiger partial charge in [0.05, 0.1) is 23.4 Å². The normalized spacial score (nSPS) is 11.7. The maximum absolute atomic E-state index is 6.02. The van der Waals surface area contributed by atoms with Crippen LogP contribution in [0.4, 0.5) is 5.69 Å². The molecule has 20 heavy (non-hydrogen) atoms. The fraction of sp³-hybridized carbons (Fsp3) is 0.385. The number of hydrogen-bond donors (Lipinski definition) is 1. The molecule has 0 aliphatic heterocycles. The number of nitrogens with two attached hydrogens (primary N) is 1. The second-order valence-corrected chi connectivity index (χ2v) is 5.12. The molecule has 0 atom stereocenters. The van der Waals surface area contributed by atoms with Crippen LogP contribution in [0.3, 0.4) is 0 Å². The van der Waals surface area contributed by atoms with Crippen LogP contribution in [0.1, 0.15) is 19.7 Å². The van der Waals surface area contributed by atoms with E-state index in [-0.39, 0.29) is 0 Å². The lowest BCUT2D eigenvalue weighted by molar-refractivity contribution is 0.00973. The smallest absolute Gasteiger partial charge is 0.261 e. The van der Waals surface area contributed by atoms with E-state index < -0.39 is 5.60 Å². The Morgan fingerprint density at radius 3 is 2.60 bits per heavy atom. The first kappa shape index (κ1) is 14.6. The van der Waals surface area contributed by atoms with Crippen molar-refractivity contribution in [1.82, 2.24) is 10.1 Å². The molecular weight excluding hydrogens is 282 g/mol. The molecule has 0 fully saturated rings. The van der Waals surface area contributed by atoms with Gasteiger partial charge in [-0.3, -0.25) is 0 Å². The van der Waals surface area contributed by atoms with Gasteiger partial charge in [0.1, 0.15) is 11.4 Å². The number of ether oxygens (including phenoxy) is 2. The molecule has 2 rings (SSSR count). The van der Waals surface area contributed by atoms with Gasteiger partial charge in [-0.25, -0.2) is 0 Å². The minimum atomic E-state index is -0.646. The monoisotopic (exact) mass is 297 g/mol. The summed E-state index contributed by atoms with van der Waals surface area (Å²) in [5.41, 5.74) is 6.10. The SMILES string of the molecule is COc1cc(N)c(Cl)cc1-c1nc(C(C)(C)OC)no1. The average molecular weight is 298 g/mol. The highest BCUT2D eigenvalue weighted by molar-refractivity contribution is 6.33. The second kappa shape index (κ2) is 5.30. The molecule has 0 aliphatic carbocycles. The molecule has 0 radical (unpaired) electrons. The van der Waals surface area contributed by atoms with Crippen LogP contribution >= 0.6 is 11.6 Å². The van der Waals surface area contributed by atoms with E-state index in [4.69, 9.17) is 31.3 Å². The molecular formula is C13H16ClN3O3. The predicted molar refractivity (Wildman–Crippen MR) is 75.7 cm³/mol. The first-order chi connectivity index (χ1) is 9.39. The number of hydrogen-bond acceptors (Lipinski definition) is 6. The van der Waals surface area contributed by atoms with Gasteiger partial charge < -0.3 is 19.7 Å². The lowest BCUT2D eigenvalue weighted by Gasteiger charge is -2.17. The van der Waals surface area contributed by atoms with Crippen LogP contribution in [0.15, 0.2) is 16.7 Å². The Bertz CT molecular complexity index is 625. The van der Waals surface area contributed by atoms with Crippen molar-refractivity contribution in [2.24, 2.45) is 0 Å². The minimum absolute atomic E-state index is 0.295. The van der Waals surface area contributed by atoms with E-state index in [0.29, 0.717) is 33.7 Å². The highest BCUT2D eigenvalue weighted by Gasteiger charge is 2.27. The molecule has 1 aromatic heterocycles. The Kier molecular flexibility index (Phi) is 3.87. The van der Waals surface area contributed by atoms with Gasteiger partial charge >= 0.3 is 0 Å². The van der Waals surface area contributed by atoms with Gasteiger partial charge in [-0.15, -0.1) is 0 Å². The summed E-state index contributed by atoms with van der Waals surface area (Å²) >= 11 is 6.02. The van der Waals surface area contributed by atoms with Crippen molar-refractivity contribution in [3.8, 4) is 17.2 Å². The highest BCUT2D eigenvalue weighted by atomic mass is 35.5. The summed E-state index contributed by atoms with van der Waals surface area (Å²) in [4.78, 5) is 4.32. The Morgan fingerprint density at radius 1 is 1.30 bits per heavy atom. The number of aromatic nitrogens is 2. The van der Waals surface area contributed by atoms with E-state index in [9.17, 15) is 0 Å². The van der Waals surface area contributed by atoms with E-state index in [0.717, 1.165) is 0 Å². The Morgan fingerprint density at radius 2 is 2.00 bits per heavy atom. The van der Waals surface area contributed by atoms with Crippen LogP contribution in [0.2, 0.25) is 5.02 Å². The van der Waals surface area contributed by atoms with Gasteiger partial charge in [-0.05, 0) is 19.9 Å².